The summed E-state index contributed by atoms with van der Waals surface area (Å²) in [6.45, 7) is 1.76. The molecule has 0 aliphatic heterocycles. The first kappa shape index (κ1) is 17.8. The van der Waals surface area contributed by atoms with Crippen molar-refractivity contribution in [2.24, 2.45) is 5.10 Å². The fourth-order valence-electron chi connectivity index (χ4n) is 1.99. The molecule has 0 bridgehead atoms. The molecule has 2 N–H and O–H groups in total. The van der Waals surface area contributed by atoms with E-state index >= 15 is 0 Å². The molecule has 0 aliphatic rings. The summed E-state index contributed by atoms with van der Waals surface area (Å²) in [5.41, 5.74) is 3.48. The number of nitrogens with one attached hydrogen (secondary N) is 2. The highest BCUT2D eigenvalue weighted by Gasteiger charge is 2.16. The second kappa shape index (κ2) is 8.34. The number of non-ortho nitro benzene ring substituents is 1. The quantitative estimate of drug-likeness (QED) is 0.374. The Labute approximate surface area is 143 Å². The highest BCUT2D eigenvalue weighted by molar-refractivity contribution is 6.35. The average Bonchev–Trinajstić information content (AvgIpc) is 2.62. The zero-order valence-corrected chi connectivity index (χ0v) is 13.4. The Morgan fingerprint density at radius 1 is 1.08 bits per heavy atom. The lowest BCUT2D eigenvalue weighted by molar-refractivity contribution is -0.384. The van der Waals surface area contributed by atoms with Gasteiger partial charge in [0.1, 0.15) is 0 Å². The van der Waals surface area contributed by atoms with E-state index in [2.05, 4.69) is 15.8 Å². The molecule has 1 atom stereocenters. The van der Waals surface area contributed by atoms with E-state index in [0.29, 0.717) is 5.56 Å². The molecule has 0 saturated heterocycles. The molecular weight excluding hydrogens is 324 g/mol. The number of hydrogen-bond donors (Lipinski definition) is 2. The fourth-order valence-corrected chi connectivity index (χ4v) is 1.99. The lowest BCUT2D eigenvalue weighted by Gasteiger charge is -2.13. The normalized spacial score (nSPS) is 11.7. The first-order chi connectivity index (χ1) is 12.0. The lowest BCUT2D eigenvalue weighted by Crippen LogP contribution is -2.39. The minimum absolute atomic E-state index is 0.0459. The Balaban J connectivity index is 1.86. The van der Waals surface area contributed by atoms with Crippen LogP contribution in [0.4, 0.5) is 5.69 Å². The molecule has 8 heteroatoms. The topological polar surface area (TPSA) is 114 Å². The van der Waals surface area contributed by atoms with Gasteiger partial charge in [0, 0.05) is 12.1 Å². The van der Waals surface area contributed by atoms with Crippen LogP contribution in [0.15, 0.2) is 59.7 Å². The molecule has 25 heavy (non-hydrogen) atoms. The number of nitro benzene ring substituents is 1. The van der Waals surface area contributed by atoms with Crippen molar-refractivity contribution >= 4 is 23.7 Å². The first-order valence-corrected chi connectivity index (χ1v) is 7.40. The number of amides is 2. The summed E-state index contributed by atoms with van der Waals surface area (Å²) < 4.78 is 0. The Hall–Kier alpha value is -3.55. The van der Waals surface area contributed by atoms with Crippen LogP contribution in [0.3, 0.4) is 0 Å². The van der Waals surface area contributed by atoms with E-state index in [0.717, 1.165) is 5.56 Å². The fraction of sp³-hybridized carbons (Fsp3) is 0.118. The van der Waals surface area contributed by atoms with Gasteiger partial charge in [-0.15, -0.1) is 0 Å². The van der Waals surface area contributed by atoms with Crippen LogP contribution in [0.25, 0.3) is 0 Å². The van der Waals surface area contributed by atoms with Gasteiger partial charge in [0.05, 0.1) is 17.2 Å². The van der Waals surface area contributed by atoms with Crippen LogP contribution in [-0.2, 0) is 9.59 Å². The molecule has 8 nitrogen and oxygen atoms in total. The smallest absolute Gasteiger partial charge is 0.329 e. The van der Waals surface area contributed by atoms with E-state index in [9.17, 15) is 19.7 Å². The minimum Gasteiger partial charge on any atom is -0.341 e. The summed E-state index contributed by atoms with van der Waals surface area (Å²) in [5, 5.41) is 16.8. The van der Waals surface area contributed by atoms with Crippen LogP contribution in [0, 0.1) is 10.1 Å². The Morgan fingerprint density at radius 3 is 2.32 bits per heavy atom. The van der Waals surface area contributed by atoms with Gasteiger partial charge in [0.15, 0.2) is 0 Å². The maximum absolute atomic E-state index is 11.8. The summed E-state index contributed by atoms with van der Waals surface area (Å²) in [7, 11) is 0. The summed E-state index contributed by atoms with van der Waals surface area (Å²) in [6, 6.07) is 14.5. The number of benzene rings is 2. The van der Waals surface area contributed by atoms with Crippen LogP contribution < -0.4 is 10.7 Å². The van der Waals surface area contributed by atoms with E-state index < -0.39 is 16.7 Å². The summed E-state index contributed by atoms with van der Waals surface area (Å²) >= 11 is 0. The van der Waals surface area contributed by atoms with Gasteiger partial charge in [-0.3, -0.25) is 19.7 Å². The molecular formula is C17H16N4O4. The van der Waals surface area contributed by atoms with E-state index in [1.165, 1.54) is 30.5 Å². The molecule has 0 radical (unpaired) electrons. The van der Waals surface area contributed by atoms with E-state index in [1.807, 2.05) is 30.3 Å². The van der Waals surface area contributed by atoms with Gasteiger partial charge in [-0.25, -0.2) is 5.43 Å². The predicted molar refractivity (Wildman–Crippen MR) is 91.8 cm³/mol. The summed E-state index contributed by atoms with van der Waals surface area (Å²) in [5.74, 6) is -1.71. The van der Waals surface area contributed by atoms with Crippen LogP contribution in [0.5, 0.6) is 0 Å². The van der Waals surface area contributed by atoms with Gasteiger partial charge >= 0.3 is 11.8 Å². The molecule has 0 spiro atoms. The van der Waals surface area contributed by atoms with Gasteiger partial charge < -0.3 is 5.32 Å². The maximum Gasteiger partial charge on any atom is 0.329 e. The molecule has 1 unspecified atom stereocenters. The van der Waals surface area contributed by atoms with Crippen LogP contribution in [0.1, 0.15) is 24.1 Å². The van der Waals surface area contributed by atoms with Crippen LogP contribution in [0.2, 0.25) is 0 Å². The second-order valence-electron chi connectivity index (χ2n) is 5.15. The molecule has 0 saturated carbocycles. The molecule has 0 aliphatic carbocycles. The van der Waals surface area contributed by atoms with Crippen molar-refractivity contribution in [3.63, 3.8) is 0 Å². The largest absolute Gasteiger partial charge is 0.341 e. The Kier molecular flexibility index (Phi) is 5.94. The van der Waals surface area contributed by atoms with Gasteiger partial charge in [0.25, 0.3) is 5.69 Å². The number of hydrogen-bond acceptors (Lipinski definition) is 5. The number of rotatable bonds is 5. The number of carbonyl (C=O) groups is 2. The van der Waals surface area contributed by atoms with E-state index in [1.54, 1.807) is 6.92 Å². The Morgan fingerprint density at radius 2 is 1.72 bits per heavy atom. The van der Waals surface area contributed by atoms with E-state index in [-0.39, 0.29) is 11.7 Å². The van der Waals surface area contributed by atoms with Crippen molar-refractivity contribution in [2.45, 2.75) is 13.0 Å². The number of nitrogens with zero attached hydrogens (tertiary/aromatic N) is 2. The van der Waals surface area contributed by atoms with Crippen LogP contribution in [-0.4, -0.2) is 23.0 Å². The van der Waals surface area contributed by atoms with Gasteiger partial charge in [0.2, 0.25) is 0 Å². The molecule has 0 heterocycles. The van der Waals surface area contributed by atoms with Crippen molar-refractivity contribution in [1.29, 1.82) is 0 Å². The molecule has 0 fully saturated rings. The molecule has 2 amide bonds. The SMILES string of the molecule is CC(NC(=O)C(=O)NN=Cc1ccc([N+](=O)[O-])cc1)c1ccccc1. The standard InChI is InChI=1S/C17H16N4O4/c1-12(14-5-3-2-4-6-14)19-16(22)17(23)20-18-11-13-7-9-15(10-8-13)21(24)25/h2-12H,1H3,(H,19,22)(H,20,23). The van der Waals surface area contributed by atoms with E-state index in [4.69, 9.17) is 0 Å². The molecule has 2 rings (SSSR count). The number of nitro groups is 1. The monoisotopic (exact) mass is 340 g/mol. The van der Waals surface area contributed by atoms with Gasteiger partial charge in [-0.1, -0.05) is 30.3 Å². The lowest BCUT2D eigenvalue weighted by atomic mass is 10.1. The van der Waals surface area contributed by atoms with Crippen molar-refractivity contribution in [3.8, 4) is 0 Å². The van der Waals surface area contributed by atoms with Crippen molar-refractivity contribution < 1.29 is 14.5 Å². The van der Waals surface area contributed by atoms with Gasteiger partial charge in [-0.05, 0) is 30.2 Å². The molecule has 0 aromatic heterocycles. The third-order valence-corrected chi connectivity index (χ3v) is 3.34. The highest BCUT2D eigenvalue weighted by Crippen LogP contribution is 2.11. The number of carbonyl (C=O) groups excluding carboxylic acids is 2. The van der Waals surface area contributed by atoms with Crippen molar-refractivity contribution in [1.82, 2.24) is 10.7 Å². The van der Waals surface area contributed by atoms with Crippen molar-refractivity contribution in [2.75, 3.05) is 0 Å². The summed E-state index contributed by atoms with van der Waals surface area (Å²) in [6.07, 6.45) is 1.29. The third kappa shape index (κ3) is 5.24. The molecule has 2 aromatic carbocycles. The second-order valence-corrected chi connectivity index (χ2v) is 5.15. The zero-order chi connectivity index (χ0) is 18.2. The van der Waals surface area contributed by atoms with Gasteiger partial charge in [-0.2, -0.15) is 5.10 Å². The minimum atomic E-state index is -0.902. The average molecular weight is 340 g/mol. The molecule has 128 valence electrons. The van der Waals surface area contributed by atoms with Crippen LogP contribution >= 0.6 is 0 Å². The first-order valence-electron chi connectivity index (χ1n) is 7.40. The maximum atomic E-state index is 11.8. The predicted octanol–water partition coefficient (Wildman–Crippen LogP) is 1.92. The van der Waals surface area contributed by atoms with Crippen molar-refractivity contribution in [3.05, 3.63) is 75.8 Å². The highest BCUT2D eigenvalue weighted by atomic mass is 16.6. The third-order valence-electron chi connectivity index (χ3n) is 3.34. The summed E-state index contributed by atoms with van der Waals surface area (Å²) in [4.78, 5) is 33.6. The zero-order valence-electron chi connectivity index (χ0n) is 13.4. The Bertz CT molecular complexity index is 788. The molecule has 2 aromatic rings. The number of hydrazone groups is 1.